The standard InChI is InChI=1S/C26H26N2O3S/c1-17-7-5-8-18(15-17)26-21-10-6-9-20(21)22-16-19(13-14-23(22)27-26)32(29,30)28-24-11-3-4-12-25(24)31-2/h3-9,11-16,20-21,26-28H,10H2,1-2H3/t20-,21+,26+/m0/s1. The van der Waals surface area contributed by atoms with Crippen LogP contribution in [0.5, 0.6) is 5.75 Å². The largest absolute Gasteiger partial charge is 0.495 e. The molecular weight excluding hydrogens is 420 g/mol. The highest BCUT2D eigenvalue weighted by Crippen LogP contribution is 2.50. The minimum absolute atomic E-state index is 0.179. The number of allylic oxidation sites excluding steroid dienone is 2. The molecule has 5 nitrogen and oxygen atoms in total. The van der Waals surface area contributed by atoms with Gasteiger partial charge in [-0.05, 0) is 60.7 Å². The van der Waals surface area contributed by atoms with Crippen LogP contribution in [0.1, 0.15) is 35.1 Å². The van der Waals surface area contributed by atoms with Crippen molar-refractivity contribution in [3.63, 3.8) is 0 Å². The number of aryl methyl sites for hydroxylation is 1. The number of hydrogen-bond acceptors (Lipinski definition) is 4. The van der Waals surface area contributed by atoms with Crippen LogP contribution in [0.25, 0.3) is 0 Å². The predicted molar refractivity (Wildman–Crippen MR) is 128 cm³/mol. The molecule has 164 valence electrons. The Morgan fingerprint density at radius 3 is 2.69 bits per heavy atom. The van der Waals surface area contributed by atoms with Crippen molar-refractivity contribution in [3.8, 4) is 5.75 Å². The Morgan fingerprint density at radius 1 is 1.03 bits per heavy atom. The number of hydrogen-bond donors (Lipinski definition) is 2. The van der Waals surface area contributed by atoms with E-state index in [0.717, 1.165) is 17.7 Å². The minimum Gasteiger partial charge on any atom is -0.495 e. The zero-order valence-electron chi connectivity index (χ0n) is 18.1. The van der Waals surface area contributed by atoms with E-state index in [1.54, 1.807) is 36.4 Å². The number of para-hydroxylation sites is 2. The first-order valence-corrected chi connectivity index (χ1v) is 12.2. The Morgan fingerprint density at radius 2 is 1.88 bits per heavy atom. The first-order valence-electron chi connectivity index (χ1n) is 10.8. The molecule has 6 heteroatoms. The van der Waals surface area contributed by atoms with Gasteiger partial charge in [-0.3, -0.25) is 4.72 Å². The van der Waals surface area contributed by atoms with Crippen LogP contribution in [-0.2, 0) is 10.0 Å². The van der Waals surface area contributed by atoms with Gasteiger partial charge in [-0.2, -0.15) is 0 Å². The molecule has 0 amide bonds. The lowest BCUT2D eigenvalue weighted by molar-refractivity contribution is 0.417. The van der Waals surface area contributed by atoms with Crippen LogP contribution in [0, 0.1) is 12.8 Å². The average Bonchev–Trinajstić information content (AvgIpc) is 3.28. The summed E-state index contributed by atoms with van der Waals surface area (Å²) in [5, 5.41) is 3.68. The molecule has 3 atom stereocenters. The molecule has 0 bridgehead atoms. The molecule has 0 radical (unpaired) electrons. The Labute approximate surface area is 189 Å². The second-order valence-electron chi connectivity index (χ2n) is 8.44. The Balaban J connectivity index is 1.50. The van der Waals surface area contributed by atoms with Crippen molar-refractivity contribution < 1.29 is 13.2 Å². The zero-order chi connectivity index (χ0) is 22.3. The number of fused-ring (bicyclic) bond motifs is 3. The van der Waals surface area contributed by atoms with E-state index in [-0.39, 0.29) is 16.9 Å². The van der Waals surface area contributed by atoms with Crippen LogP contribution >= 0.6 is 0 Å². The first-order chi connectivity index (χ1) is 15.5. The van der Waals surface area contributed by atoms with Crippen molar-refractivity contribution in [2.24, 2.45) is 5.92 Å². The molecule has 32 heavy (non-hydrogen) atoms. The number of methoxy groups -OCH3 is 1. The maximum absolute atomic E-state index is 13.2. The highest BCUT2D eigenvalue weighted by Gasteiger charge is 2.38. The highest BCUT2D eigenvalue weighted by molar-refractivity contribution is 7.92. The van der Waals surface area contributed by atoms with Gasteiger partial charge in [0, 0.05) is 11.6 Å². The van der Waals surface area contributed by atoms with Gasteiger partial charge in [0.25, 0.3) is 10.0 Å². The van der Waals surface area contributed by atoms with Crippen LogP contribution in [0.4, 0.5) is 11.4 Å². The summed E-state index contributed by atoms with van der Waals surface area (Å²) in [6, 6.07) is 21.1. The summed E-state index contributed by atoms with van der Waals surface area (Å²) in [6.07, 6.45) is 5.40. The molecule has 2 N–H and O–H groups in total. The number of anilines is 2. The van der Waals surface area contributed by atoms with E-state index >= 15 is 0 Å². The summed E-state index contributed by atoms with van der Waals surface area (Å²) in [7, 11) is -2.24. The fourth-order valence-corrected chi connectivity index (χ4v) is 5.97. The summed E-state index contributed by atoms with van der Waals surface area (Å²) in [6.45, 7) is 2.11. The molecule has 2 aliphatic rings. The van der Waals surface area contributed by atoms with Crippen molar-refractivity contribution in [2.45, 2.75) is 30.2 Å². The van der Waals surface area contributed by atoms with E-state index in [2.05, 4.69) is 53.4 Å². The summed E-state index contributed by atoms with van der Waals surface area (Å²) >= 11 is 0. The third kappa shape index (κ3) is 3.65. The van der Waals surface area contributed by atoms with E-state index in [9.17, 15) is 8.42 Å². The summed E-state index contributed by atoms with van der Waals surface area (Å²) in [5.41, 5.74) is 4.94. The third-order valence-corrected chi connectivity index (χ3v) is 7.76. The van der Waals surface area contributed by atoms with Gasteiger partial charge in [0.05, 0.1) is 23.7 Å². The number of sulfonamides is 1. The van der Waals surface area contributed by atoms with Gasteiger partial charge in [0.15, 0.2) is 0 Å². The van der Waals surface area contributed by atoms with Crippen LogP contribution in [0.2, 0.25) is 0 Å². The van der Waals surface area contributed by atoms with Gasteiger partial charge < -0.3 is 10.1 Å². The maximum Gasteiger partial charge on any atom is 0.262 e. The van der Waals surface area contributed by atoms with Crippen LogP contribution < -0.4 is 14.8 Å². The summed E-state index contributed by atoms with van der Waals surface area (Å²) < 4.78 is 34.3. The van der Waals surface area contributed by atoms with Crippen molar-refractivity contribution >= 4 is 21.4 Å². The van der Waals surface area contributed by atoms with Crippen LogP contribution in [0.3, 0.4) is 0 Å². The SMILES string of the molecule is COc1ccccc1NS(=O)(=O)c1ccc2c(c1)[C@H]1C=CC[C@H]1[C@@H](c1cccc(C)c1)N2. The van der Waals surface area contributed by atoms with Crippen LogP contribution in [0.15, 0.2) is 83.8 Å². The fraction of sp³-hybridized carbons (Fsp3) is 0.231. The monoisotopic (exact) mass is 446 g/mol. The van der Waals surface area contributed by atoms with Crippen molar-refractivity contribution in [1.29, 1.82) is 0 Å². The van der Waals surface area contributed by atoms with Gasteiger partial charge in [-0.1, -0.05) is 54.1 Å². The zero-order valence-corrected chi connectivity index (χ0v) is 18.9. The van der Waals surface area contributed by atoms with Gasteiger partial charge in [-0.15, -0.1) is 0 Å². The molecule has 0 saturated heterocycles. The number of ether oxygens (including phenoxy) is 1. The molecule has 0 aromatic heterocycles. The lowest BCUT2D eigenvalue weighted by Gasteiger charge is -2.37. The molecule has 0 fully saturated rings. The molecule has 3 aromatic carbocycles. The second kappa shape index (κ2) is 8.02. The van der Waals surface area contributed by atoms with Gasteiger partial charge in [0.1, 0.15) is 5.75 Å². The van der Waals surface area contributed by atoms with Gasteiger partial charge in [0.2, 0.25) is 0 Å². The van der Waals surface area contributed by atoms with E-state index in [0.29, 0.717) is 17.4 Å². The maximum atomic E-state index is 13.2. The normalized spacial score (nSPS) is 21.4. The highest BCUT2D eigenvalue weighted by atomic mass is 32.2. The summed E-state index contributed by atoms with van der Waals surface area (Å²) in [4.78, 5) is 0.247. The number of rotatable bonds is 5. The summed E-state index contributed by atoms with van der Waals surface area (Å²) in [5.74, 6) is 1.01. The van der Waals surface area contributed by atoms with Crippen LogP contribution in [-0.4, -0.2) is 15.5 Å². The van der Waals surface area contributed by atoms with E-state index in [1.165, 1.54) is 18.2 Å². The molecule has 0 saturated carbocycles. The Bertz CT molecular complexity index is 1300. The molecular formula is C26H26N2O3S. The average molecular weight is 447 g/mol. The minimum atomic E-state index is -3.76. The molecule has 0 spiro atoms. The van der Waals surface area contributed by atoms with Crippen molar-refractivity contribution in [1.82, 2.24) is 0 Å². The molecule has 0 unspecified atom stereocenters. The van der Waals surface area contributed by atoms with Gasteiger partial charge in [-0.25, -0.2) is 8.42 Å². The smallest absolute Gasteiger partial charge is 0.262 e. The predicted octanol–water partition coefficient (Wildman–Crippen LogP) is 5.63. The number of benzene rings is 3. The Hall–Kier alpha value is -3.25. The van der Waals surface area contributed by atoms with E-state index < -0.39 is 10.0 Å². The number of nitrogens with one attached hydrogen (secondary N) is 2. The molecule has 1 aliphatic heterocycles. The van der Waals surface area contributed by atoms with Crippen molar-refractivity contribution in [2.75, 3.05) is 17.1 Å². The molecule has 1 heterocycles. The van der Waals surface area contributed by atoms with Crippen molar-refractivity contribution in [3.05, 3.63) is 95.6 Å². The fourth-order valence-electron chi connectivity index (χ4n) is 4.87. The lowest BCUT2D eigenvalue weighted by Crippen LogP contribution is -2.29. The lowest BCUT2D eigenvalue weighted by atomic mass is 9.77. The molecule has 1 aliphatic carbocycles. The third-order valence-electron chi connectivity index (χ3n) is 6.40. The second-order valence-corrected chi connectivity index (χ2v) is 10.1. The first kappa shape index (κ1) is 20.6. The quantitative estimate of drug-likeness (QED) is 0.499. The van der Waals surface area contributed by atoms with E-state index in [1.807, 2.05) is 6.07 Å². The van der Waals surface area contributed by atoms with E-state index in [4.69, 9.17) is 4.74 Å². The molecule has 5 rings (SSSR count). The Kier molecular flexibility index (Phi) is 5.18. The van der Waals surface area contributed by atoms with Gasteiger partial charge >= 0.3 is 0 Å². The molecule has 3 aromatic rings. The topological polar surface area (TPSA) is 67.4 Å².